The van der Waals surface area contributed by atoms with Gasteiger partial charge in [-0.25, -0.2) is 0 Å². The standard InChI is InChI=1S/C8H16O/c1-3-5-6-7-8(9)4-2/h3,5,8-9H,4,6-7H2,1-2H3/b5-3+/t8-/m1/s1. The molecule has 0 radical (unpaired) electrons. The lowest BCUT2D eigenvalue weighted by atomic mass is 10.1. The summed E-state index contributed by atoms with van der Waals surface area (Å²) < 4.78 is 0. The first-order valence-corrected chi connectivity index (χ1v) is 3.60. The quantitative estimate of drug-likeness (QED) is 0.575. The highest BCUT2D eigenvalue weighted by molar-refractivity contribution is 4.77. The maximum absolute atomic E-state index is 9.05. The smallest absolute Gasteiger partial charge is 0.0540 e. The van der Waals surface area contributed by atoms with Gasteiger partial charge in [-0.2, -0.15) is 0 Å². The van der Waals surface area contributed by atoms with Crippen molar-refractivity contribution in [1.82, 2.24) is 0 Å². The molecule has 0 amide bonds. The first-order valence-electron chi connectivity index (χ1n) is 3.60. The van der Waals surface area contributed by atoms with E-state index in [9.17, 15) is 0 Å². The molecule has 0 spiro atoms. The maximum atomic E-state index is 9.05. The predicted octanol–water partition coefficient (Wildman–Crippen LogP) is 2.11. The topological polar surface area (TPSA) is 20.2 Å². The summed E-state index contributed by atoms with van der Waals surface area (Å²) >= 11 is 0. The van der Waals surface area contributed by atoms with Crippen LogP contribution in [0.3, 0.4) is 0 Å². The second-order valence-corrected chi connectivity index (χ2v) is 2.21. The van der Waals surface area contributed by atoms with Gasteiger partial charge in [-0.3, -0.25) is 0 Å². The second-order valence-electron chi connectivity index (χ2n) is 2.21. The van der Waals surface area contributed by atoms with Gasteiger partial charge in [0.15, 0.2) is 0 Å². The average Bonchev–Trinajstić information content (AvgIpc) is 1.89. The third-order valence-electron chi connectivity index (χ3n) is 1.37. The molecule has 0 aliphatic heterocycles. The Hall–Kier alpha value is -0.300. The van der Waals surface area contributed by atoms with Gasteiger partial charge in [0.2, 0.25) is 0 Å². The SMILES string of the molecule is C/C=C/CC[C@H](O)CC. The summed E-state index contributed by atoms with van der Waals surface area (Å²) in [6, 6.07) is 0. The van der Waals surface area contributed by atoms with Crippen molar-refractivity contribution in [2.75, 3.05) is 0 Å². The van der Waals surface area contributed by atoms with Gasteiger partial charge in [0.05, 0.1) is 6.10 Å². The van der Waals surface area contributed by atoms with Crippen LogP contribution in [0.15, 0.2) is 12.2 Å². The van der Waals surface area contributed by atoms with Gasteiger partial charge in [0.1, 0.15) is 0 Å². The van der Waals surface area contributed by atoms with E-state index >= 15 is 0 Å². The van der Waals surface area contributed by atoms with Crippen molar-refractivity contribution in [2.45, 2.75) is 39.2 Å². The molecule has 9 heavy (non-hydrogen) atoms. The zero-order valence-electron chi connectivity index (χ0n) is 6.30. The molecule has 0 rings (SSSR count). The summed E-state index contributed by atoms with van der Waals surface area (Å²) in [6.07, 6.45) is 6.78. The van der Waals surface area contributed by atoms with Crippen molar-refractivity contribution >= 4 is 0 Å². The Bertz CT molecular complexity index is 76.6. The summed E-state index contributed by atoms with van der Waals surface area (Å²) in [5.41, 5.74) is 0. The fourth-order valence-corrected chi connectivity index (χ4v) is 0.659. The Labute approximate surface area is 57.4 Å². The van der Waals surface area contributed by atoms with Crippen LogP contribution in [0.1, 0.15) is 33.1 Å². The minimum atomic E-state index is -0.0961. The number of aliphatic hydroxyl groups is 1. The van der Waals surface area contributed by atoms with E-state index in [-0.39, 0.29) is 6.10 Å². The molecule has 0 aliphatic carbocycles. The fourth-order valence-electron chi connectivity index (χ4n) is 0.659. The predicted molar refractivity (Wildman–Crippen MR) is 40.3 cm³/mol. The number of hydrogen-bond acceptors (Lipinski definition) is 1. The summed E-state index contributed by atoms with van der Waals surface area (Å²) in [7, 11) is 0. The normalized spacial score (nSPS) is 14.6. The lowest BCUT2D eigenvalue weighted by Gasteiger charge is -2.02. The van der Waals surface area contributed by atoms with E-state index < -0.39 is 0 Å². The molecule has 1 heteroatoms. The highest BCUT2D eigenvalue weighted by Gasteiger charge is 1.95. The lowest BCUT2D eigenvalue weighted by molar-refractivity contribution is 0.161. The van der Waals surface area contributed by atoms with Crippen LogP contribution in [-0.4, -0.2) is 11.2 Å². The van der Waals surface area contributed by atoms with E-state index in [0.717, 1.165) is 19.3 Å². The molecular weight excluding hydrogens is 112 g/mol. The summed E-state index contributed by atoms with van der Waals surface area (Å²) in [4.78, 5) is 0. The van der Waals surface area contributed by atoms with Gasteiger partial charge in [-0.15, -0.1) is 0 Å². The van der Waals surface area contributed by atoms with Crippen molar-refractivity contribution in [1.29, 1.82) is 0 Å². The average molecular weight is 128 g/mol. The minimum Gasteiger partial charge on any atom is -0.393 e. The molecular formula is C8H16O. The molecule has 1 atom stereocenters. The van der Waals surface area contributed by atoms with Crippen LogP contribution in [0.4, 0.5) is 0 Å². The Kier molecular flexibility index (Phi) is 5.64. The number of rotatable bonds is 4. The molecule has 0 fully saturated rings. The number of hydrogen-bond donors (Lipinski definition) is 1. The highest BCUT2D eigenvalue weighted by Crippen LogP contribution is 2.00. The van der Waals surface area contributed by atoms with Crippen molar-refractivity contribution in [3.63, 3.8) is 0 Å². The van der Waals surface area contributed by atoms with Gasteiger partial charge in [-0.05, 0) is 26.2 Å². The van der Waals surface area contributed by atoms with Crippen molar-refractivity contribution in [3.05, 3.63) is 12.2 Å². The van der Waals surface area contributed by atoms with Crippen LogP contribution in [0.5, 0.6) is 0 Å². The van der Waals surface area contributed by atoms with Crippen molar-refractivity contribution < 1.29 is 5.11 Å². The van der Waals surface area contributed by atoms with Crippen LogP contribution in [0.25, 0.3) is 0 Å². The first-order chi connectivity index (χ1) is 4.31. The molecule has 1 nitrogen and oxygen atoms in total. The van der Waals surface area contributed by atoms with Gasteiger partial charge in [0, 0.05) is 0 Å². The van der Waals surface area contributed by atoms with Crippen LogP contribution in [0, 0.1) is 0 Å². The molecule has 0 saturated carbocycles. The van der Waals surface area contributed by atoms with Gasteiger partial charge >= 0.3 is 0 Å². The van der Waals surface area contributed by atoms with Crippen LogP contribution < -0.4 is 0 Å². The van der Waals surface area contributed by atoms with Gasteiger partial charge in [0.25, 0.3) is 0 Å². The molecule has 54 valence electrons. The van der Waals surface area contributed by atoms with Crippen molar-refractivity contribution in [3.8, 4) is 0 Å². The Morgan fingerprint density at radius 1 is 1.56 bits per heavy atom. The maximum Gasteiger partial charge on any atom is 0.0540 e. The molecule has 0 heterocycles. The number of aliphatic hydroxyl groups excluding tert-OH is 1. The van der Waals surface area contributed by atoms with E-state index in [2.05, 4.69) is 6.08 Å². The third kappa shape index (κ3) is 5.57. The van der Waals surface area contributed by atoms with E-state index in [4.69, 9.17) is 5.11 Å². The summed E-state index contributed by atoms with van der Waals surface area (Å²) in [6.45, 7) is 4.00. The van der Waals surface area contributed by atoms with E-state index in [1.165, 1.54) is 0 Å². The Balaban J connectivity index is 3.06. The van der Waals surface area contributed by atoms with Gasteiger partial charge in [-0.1, -0.05) is 19.1 Å². The molecule has 0 aromatic carbocycles. The minimum absolute atomic E-state index is 0.0961. The van der Waals surface area contributed by atoms with Crippen LogP contribution in [-0.2, 0) is 0 Å². The molecule has 0 aromatic rings. The summed E-state index contributed by atoms with van der Waals surface area (Å²) in [5, 5.41) is 9.05. The van der Waals surface area contributed by atoms with E-state index in [1.807, 2.05) is 19.9 Å². The second kappa shape index (κ2) is 5.83. The molecule has 0 unspecified atom stereocenters. The third-order valence-corrected chi connectivity index (χ3v) is 1.37. The van der Waals surface area contributed by atoms with Crippen LogP contribution in [0.2, 0.25) is 0 Å². The van der Waals surface area contributed by atoms with Gasteiger partial charge < -0.3 is 5.11 Å². The monoisotopic (exact) mass is 128 g/mol. The molecule has 0 bridgehead atoms. The zero-order chi connectivity index (χ0) is 7.11. The molecule has 0 saturated heterocycles. The molecule has 0 aromatic heterocycles. The fraction of sp³-hybridized carbons (Fsp3) is 0.750. The largest absolute Gasteiger partial charge is 0.393 e. The lowest BCUT2D eigenvalue weighted by Crippen LogP contribution is -2.02. The molecule has 0 aliphatic rings. The Morgan fingerprint density at radius 2 is 2.22 bits per heavy atom. The van der Waals surface area contributed by atoms with E-state index in [0.29, 0.717) is 0 Å². The van der Waals surface area contributed by atoms with E-state index in [1.54, 1.807) is 0 Å². The number of allylic oxidation sites excluding steroid dienone is 2. The molecule has 1 N–H and O–H groups in total. The summed E-state index contributed by atoms with van der Waals surface area (Å²) in [5.74, 6) is 0. The first kappa shape index (κ1) is 8.70. The Morgan fingerprint density at radius 3 is 2.67 bits per heavy atom. The van der Waals surface area contributed by atoms with Crippen LogP contribution >= 0.6 is 0 Å². The zero-order valence-corrected chi connectivity index (χ0v) is 6.30. The highest BCUT2D eigenvalue weighted by atomic mass is 16.3. The van der Waals surface area contributed by atoms with Crippen molar-refractivity contribution in [2.24, 2.45) is 0 Å².